The van der Waals surface area contributed by atoms with E-state index in [1.807, 2.05) is 0 Å². The zero-order valence-corrected chi connectivity index (χ0v) is 14.5. The summed E-state index contributed by atoms with van der Waals surface area (Å²) in [6.45, 7) is 2.74. The third kappa shape index (κ3) is 8.32. The van der Waals surface area contributed by atoms with Crippen LogP contribution in [0.1, 0.15) is 25.3 Å². The number of halogens is 3. The summed E-state index contributed by atoms with van der Waals surface area (Å²) in [5.41, 5.74) is -1.21. The summed E-state index contributed by atoms with van der Waals surface area (Å²) in [5, 5.41) is 2.27. The monoisotopic (exact) mass is 382 g/mol. The number of unbranched alkanes of at least 4 members (excludes halogenated alkanes) is 1. The molecule has 0 radical (unpaired) electrons. The fourth-order valence-corrected chi connectivity index (χ4v) is 2.86. The molecule has 1 amide bonds. The van der Waals surface area contributed by atoms with Gasteiger partial charge in [-0.3, -0.25) is 4.79 Å². The number of hydrogen-bond donors (Lipinski definition) is 2. The standard InChI is InChI=1S/C15H21F3N2O4S/c1-2-20(9-5-6-10-25(22,23)24)11-14(21)19-13-8-4-3-7-12(13)15(16,17)18/h3-4,7-8H,2,5-6,9-11H2,1H3,(H,19,21)(H,22,23,24). The van der Waals surface area contributed by atoms with Crippen LogP contribution < -0.4 is 10.2 Å². The fourth-order valence-electron chi connectivity index (χ4n) is 2.30. The highest BCUT2D eigenvalue weighted by molar-refractivity contribution is 7.85. The normalized spacial score (nSPS) is 13.5. The van der Waals surface area contributed by atoms with Crippen molar-refractivity contribution in [1.82, 2.24) is 0 Å². The molecule has 142 valence electrons. The first kappa shape index (κ1) is 21.4. The highest BCUT2D eigenvalue weighted by Gasteiger charge is 2.33. The molecule has 25 heavy (non-hydrogen) atoms. The molecule has 0 aliphatic heterocycles. The molecule has 0 aliphatic carbocycles. The van der Waals surface area contributed by atoms with Crippen LogP contribution in [0.5, 0.6) is 0 Å². The molecule has 1 unspecified atom stereocenters. The predicted octanol–water partition coefficient (Wildman–Crippen LogP) is 0.874. The van der Waals surface area contributed by atoms with Gasteiger partial charge in [0.2, 0.25) is 0 Å². The van der Waals surface area contributed by atoms with Gasteiger partial charge in [0.1, 0.15) is 0 Å². The van der Waals surface area contributed by atoms with Gasteiger partial charge in [0, 0.05) is 5.75 Å². The molecule has 0 heterocycles. The Hall–Kier alpha value is -1.65. The molecule has 10 heteroatoms. The highest BCUT2D eigenvalue weighted by atomic mass is 32.2. The topological polar surface area (TPSA) is 90.7 Å². The number of nitrogens with one attached hydrogen (secondary N) is 2. The zero-order chi connectivity index (χ0) is 19.1. The van der Waals surface area contributed by atoms with Gasteiger partial charge in [-0.2, -0.15) is 13.2 Å². The minimum atomic E-state index is -4.56. The first-order valence-corrected chi connectivity index (χ1v) is 9.34. The van der Waals surface area contributed by atoms with Gasteiger partial charge in [-0.1, -0.05) is 12.1 Å². The second-order valence-electron chi connectivity index (χ2n) is 5.59. The van der Waals surface area contributed by atoms with E-state index in [1.54, 1.807) is 6.92 Å². The summed E-state index contributed by atoms with van der Waals surface area (Å²) in [6, 6.07) is 4.72. The number of likely N-dealkylation sites (N-methyl/N-ethyl adjacent to an activating group) is 1. The molecule has 0 aromatic heterocycles. The molecule has 0 bridgehead atoms. The smallest absolute Gasteiger partial charge is 0.418 e. The van der Waals surface area contributed by atoms with Crippen LogP contribution in [0.15, 0.2) is 24.3 Å². The molecule has 0 aliphatic rings. The maximum atomic E-state index is 12.9. The summed E-state index contributed by atoms with van der Waals surface area (Å²) < 4.78 is 70.3. The van der Waals surface area contributed by atoms with Gasteiger partial charge in [0.15, 0.2) is 6.54 Å². The summed E-state index contributed by atoms with van der Waals surface area (Å²) in [4.78, 5) is 12.8. The van der Waals surface area contributed by atoms with E-state index in [1.165, 1.54) is 18.2 Å². The van der Waals surface area contributed by atoms with Crippen LogP contribution in [0.2, 0.25) is 0 Å². The molecule has 6 nitrogen and oxygen atoms in total. The van der Waals surface area contributed by atoms with E-state index >= 15 is 0 Å². The lowest BCUT2D eigenvalue weighted by Gasteiger charge is -2.18. The maximum Gasteiger partial charge on any atom is 0.418 e. The lowest BCUT2D eigenvalue weighted by atomic mass is 10.1. The minimum absolute atomic E-state index is 0.0488. The van der Waals surface area contributed by atoms with Gasteiger partial charge in [-0.15, -0.1) is 0 Å². The second kappa shape index (κ2) is 9.16. The van der Waals surface area contributed by atoms with E-state index in [0.29, 0.717) is 19.5 Å². The summed E-state index contributed by atoms with van der Waals surface area (Å²) in [7, 11) is -4.26. The van der Waals surface area contributed by atoms with Crippen LogP contribution in [-0.2, 0) is 21.1 Å². The summed E-state index contributed by atoms with van der Waals surface area (Å²) >= 11 is 0. The van der Waals surface area contributed by atoms with E-state index < -0.39 is 33.5 Å². The largest absolute Gasteiger partial charge is 0.748 e. The van der Waals surface area contributed by atoms with Crippen LogP contribution in [0.4, 0.5) is 18.9 Å². The highest BCUT2D eigenvalue weighted by Crippen LogP contribution is 2.34. The van der Waals surface area contributed by atoms with Crippen LogP contribution >= 0.6 is 0 Å². The van der Waals surface area contributed by atoms with Gasteiger partial charge < -0.3 is 14.8 Å². The molecule has 2 N–H and O–H groups in total. The SMILES string of the molecule is CC[NH+](CCCCS(=O)(=O)[O-])CC(=O)Nc1ccccc1C(F)(F)F. The molecule has 0 saturated heterocycles. The van der Waals surface area contributed by atoms with Crippen molar-refractivity contribution < 1.29 is 35.8 Å². The van der Waals surface area contributed by atoms with Crippen LogP contribution in [0.3, 0.4) is 0 Å². The first-order valence-electron chi connectivity index (χ1n) is 7.76. The Kier molecular flexibility index (Phi) is 7.84. The van der Waals surface area contributed by atoms with Gasteiger partial charge in [0.25, 0.3) is 5.91 Å². The van der Waals surface area contributed by atoms with E-state index in [-0.39, 0.29) is 18.7 Å². The Balaban J connectivity index is 2.57. The van der Waals surface area contributed by atoms with E-state index in [9.17, 15) is 30.9 Å². The molecular formula is C15H21F3N2O4S. The average molecular weight is 382 g/mol. The van der Waals surface area contributed by atoms with Crippen molar-refractivity contribution in [3.8, 4) is 0 Å². The Morgan fingerprint density at radius 2 is 1.88 bits per heavy atom. The molecule has 0 fully saturated rings. The second-order valence-corrected chi connectivity index (χ2v) is 7.11. The van der Waals surface area contributed by atoms with Crippen molar-refractivity contribution in [2.45, 2.75) is 25.9 Å². The molecule has 0 saturated carbocycles. The molecule has 1 atom stereocenters. The van der Waals surface area contributed by atoms with Crippen LogP contribution in [0.25, 0.3) is 0 Å². The number of rotatable bonds is 9. The van der Waals surface area contributed by atoms with E-state index in [4.69, 9.17) is 0 Å². The summed E-state index contributed by atoms with van der Waals surface area (Å²) in [5.74, 6) is -1.03. The first-order chi connectivity index (χ1) is 11.5. The third-order valence-electron chi connectivity index (χ3n) is 3.59. The van der Waals surface area contributed by atoms with Crippen molar-refractivity contribution in [2.24, 2.45) is 0 Å². The van der Waals surface area contributed by atoms with E-state index in [0.717, 1.165) is 11.0 Å². The molecule has 0 spiro atoms. The number of carbonyl (C=O) groups excluding carboxylic acids is 1. The molecule has 1 aromatic carbocycles. The number of anilines is 1. The van der Waals surface area contributed by atoms with Crippen molar-refractivity contribution in [1.29, 1.82) is 0 Å². The average Bonchev–Trinajstić information content (AvgIpc) is 2.48. The van der Waals surface area contributed by atoms with Crippen molar-refractivity contribution in [3.05, 3.63) is 29.8 Å². The number of amides is 1. The summed E-state index contributed by atoms with van der Waals surface area (Å²) in [6.07, 6.45) is -3.95. The lowest BCUT2D eigenvalue weighted by Crippen LogP contribution is -3.12. The maximum absolute atomic E-state index is 12.9. The van der Waals surface area contributed by atoms with Gasteiger partial charge in [-0.25, -0.2) is 8.42 Å². The molecule has 1 aromatic rings. The number of alkyl halides is 3. The fraction of sp³-hybridized carbons (Fsp3) is 0.533. The van der Waals surface area contributed by atoms with Gasteiger partial charge in [-0.05, 0) is 31.9 Å². The minimum Gasteiger partial charge on any atom is -0.748 e. The van der Waals surface area contributed by atoms with Crippen molar-refractivity contribution in [2.75, 3.05) is 30.7 Å². The van der Waals surface area contributed by atoms with Crippen molar-refractivity contribution in [3.63, 3.8) is 0 Å². The molecule has 1 rings (SSSR count). The number of benzene rings is 1. The van der Waals surface area contributed by atoms with Gasteiger partial charge in [0.05, 0.1) is 34.5 Å². The zero-order valence-electron chi connectivity index (χ0n) is 13.7. The Bertz CT molecular complexity index is 678. The quantitative estimate of drug-likeness (QED) is 0.490. The Labute approximate surface area is 144 Å². The van der Waals surface area contributed by atoms with Gasteiger partial charge >= 0.3 is 6.18 Å². The number of carbonyl (C=O) groups is 1. The Morgan fingerprint density at radius 1 is 1.24 bits per heavy atom. The molecular weight excluding hydrogens is 361 g/mol. The number of hydrogen-bond acceptors (Lipinski definition) is 4. The third-order valence-corrected chi connectivity index (χ3v) is 4.38. The lowest BCUT2D eigenvalue weighted by molar-refractivity contribution is -0.890. The predicted molar refractivity (Wildman–Crippen MR) is 85.1 cm³/mol. The number of quaternary nitrogens is 1. The van der Waals surface area contributed by atoms with Crippen LogP contribution in [-0.4, -0.2) is 44.3 Å². The Morgan fingerprint density at radius 3 is 2.44 bits per heavy atom. The number of para-hydroxylation sites is 1. The van der Waals surface area contributed by atoms with Crippen molar-refractivity contribution >= 4 is 21.7 Å². The van der Waals surface area contributed by atoms with E-state index in [2.05, 4.69) is 5.32 Å². The van der Waals surface area contributed by atoms with Crippen LogP contribution in [0, 0.1) is 0 Å².